The van der Waals surface area contributed by atoms with Crippen molar-refractivity contribution in [3.05, 3.63) is 44.3 Å². The van der Waals surface area contributed by atoms with E-state index in [-0.39, 0.29) is 11.9 Å². The molecule has 1 atom stereocenters. The van der Waals surface area contributed by atoms with Gasteiger partial charge in [-0.15, -0.1) is 22.7 Å². The number of thiophene rings is 2. The molecule has 4 heteroatoms. The third-order valence-electron chi connectivity index (χ3n) is 2.28. The highest BCUT2D eigenvalue weighted by molar-refractivity contribution is 7.14. The molecule has 84 valence electrons. The number of nitrogens with one attached hydrogen (secondary N) is 1. The summed E-state index contributed by atoms with van der Waals surface area (Å²) in [5.41, 5.74) is 0. The molecule has 2 aromatic rings. The normalized spacial score (nSPS) is 12.4. The molecule has 2 heterocycles. The first-order valence-corrected chi connectivity index (χ1v) is 6.77. The lowest BCUT2D eigenvalue weighted by atomic mass is 10.2. The van der Waals surface area contributed by atoms with Crippen LogP contribution in [0.3, 0.4) is 0 Å². The Bertz CT molecular complexity index is 473. The summed E-state index contributed by atoms with van der Waals surface area (Å²) >= 11 is 3.19. The van der Waals surface area contributed by atoms with Crippen LogP contribution >= 0.6 is 22.7 Å². The van der Waals surface area contributed by atoms with Crippen molar-refractivity contribution in [2.45, 2.75) is 19.9 Å². The second-order valence-corrected chi connectivity index (χ2v) is 5.89. The molecular formula is C12H13NOS2. The standard InChI is InChI=1S/C12H13NOS2/c1-8-5-6-11(16-8)12(14)13-9(2)10-4-3-7-15-10/h3-7,9H,1-2H3,(H,13,14). The topological polar surface area (TPSA) is 29.1 Å². The molecule has 0 saturated carbocycles. The van der Waals surface area contributed by atoms with Crippen LogP contribution in [0.5, 0.6) is 0 Å². The molecule has 0 spiro atoms. The zero-order valence-electron chi connectivity index (χ0n) is 9.19. The van der Waals surface area contributed by atoms with Crippen molar-refractivity contribution in [3.63, 3.8) is 0 Å². The largest absolute Gasteiger partial charge is 0.344 e. The Hall–Kier alpha value is -1.13. The Labute approximate surface area is 103 Å². The predicted octanol–water partition coefficient (Wildman–Crippen LogP) is 3.61. The highest BCUT2D eigenvalue weighted by Crippen LogP contribution is 2.20. The fourth-order valence-corrected chi connectivity index (χ4v) is 2.94. The molecule has 1 amide bonds. The predicted molar refractivity (Wildman–Crippen MR) is 69.3 cm³/mol. The van der Waals surface area contributed by atoms with Crippen molar-refractivity contribution in [1.82, 2.24) is 5.32 Å². The first kappa shape index (κ1) is 11.4. The fraction of sp³-hybridized carbons (Fsp3) is 0.250. The van der Waals surface area contributed by atoms with E-state index in [9.17, 15) is 4.79 Å². The number of carbonyl (C=O) groups excluding carboxylic acids is 1. The van der Waals surface area contributed by atoms with Gasteiger partial charge in [0.1, 0.15) is 0 Å². The lowest BCUT2D eigenvalue weighted by Gasteiger charge is -2.10. The first-order valence-electron chi connectivity index (χ1n) is 5.07. The summed E-state index contributed by atoms with van der Waals surface area (Å²) in [6, 6.07) is 7.95. The SMILES string of the molecule is Cc1ccc(C(=O)NC(C)c2cccs2)s1. The summed E-state index contributed by atoms with van der Waals surface area (Å²) in [6.45, 7) is 4.01. The van der Waals surface area contributed by atoms with Crippen molar-refractivity contribution < 1.29 is 4.79 Å². The Kier molecular flexibility index (Phi) is 3.41. The molecule has 0 aromatic carbocycles. The van der Waals surface area contributed by atoms with E-state index in [2.05, 4.69) is 5.32 Å². The molecule has 0 aliphatic heterocycles. The third-order valence-corrected chi connectivity index (χ3v) is 4.34. The molecular weight excluding hydrogens is 238 g/mol. The maximum atomic E-state index is 11.9. The van der Waals surface area contributed by atoms with Crippen LogP contribution in [0.25, 0.3) is 0 Å². The molecule has 1 unspecified atom stereocenters. The zero-order valence-corrected chi connectivity index (χ0v) is 10.8. The average Bonchev–Trinajstić information content (AvgIpc) is 2.87. The number of hydrogen-bond acceptors (Lipinski definition) is 3. The van der Waals surface area contributed by atoms with Crippen molar-refractivity contribution in [3.8, 4) is 0 Å². The van der Waals surface area contributed by atoms with Crippen LogP contribution in [0.15, 0.2) is 29.6 Å². The van der Waals surface area contributed by atoms with Crippen LogP contribution in [-0.2, 0) is 0 Å². The van der Waals surface area contributed by atoms with E-state index in [4.69, 9.17) is 0 Å². The van der Waals surface area contributed by atoms with Crippen LogP contribution in [0.2, 0.25) is 0 Å². The summed E-state index contributed by atoms with van der Waals surface area (Å²) in [5.74, 6) is 0.0130. The number of hydrogen-bond donors (Lipinski definition) is 1. The number of amides is 1. The minimum Gasteiger partial charge on any atom is -0.344 e. The van der Waals surface area contributed by atoms with Gasteiger partial charge in [-0.2, -0.15) is 0 Å². The second-order valence-electron chi connectivity index (χ2n) is 3.62. The van der Waals surface area contributed by atoms with E-state index in [1.807, 2.05) is 43.5 Å². The molecule has 0 aliphatic rings. The van der Waals surface area contributed by atoms with Gasteiger partial charge in [-0.1, -0.05) is 6.07 Å². The van der Waals surface area contributed by atoms with Crippen molar-refractivity contribution in [1.29, 1.82) is 0 Å². The van der Waals surface area contributed by atoms with E-state index >= 15 is 0 Å². The maximum absolute atomic E-state index is 11.9. The van der Waals surface area contributed by atoms with Gasteiger partial charge in [0.05, 0.1) is 10.9 Å². The summed E-state index contributed by atoms with van der Waals surface area (Å²) < 4.78 is 0. The monoisotopic (exact) mass is 251 g/mol. The highest BCUT2D eigenvalue weighted by Gasteiger charge is 2.13. The average molecular weight is 251 g/mol. The summed E-state index contributed by atoms with van der Waals surface area (Å²) in [7, 11) is 0. The smallest absolute Gasteiger partial charge is 0.261 e. The summed E-state index contributed by atoms with van der Waals surface area (Å²) in [6.07, 6.45) is 0. The quantitative estimate of drug-likeness (QED) is 0.887. The van der Waals surface area contributed by atoms with E-state index < -0.39 is 0 Å². The van der Waals surface area contributed by atoms with Crippen LogP contribution < -0.4 is 5.32 Å². The molecule has 0 saturated heterocycles. The molecule has 1 N–H and O–H groups in total. The summed E-state index contributed by atoms with van der Waals surface area (Å²) in [5, 5.41) is 5.01. The van der Waals surface area contributed by atoms with Gasteiger partial charge >= 0.3 is 0 Å². The van der Waals surface area contributed by atoms with Crippen molar-refractivity contribution in [2.75, 3.05) is 0 Å². The van der Waals surface area contributed by atoms with E-state index in [1.54, 1.807) is 11.3 Å². The van der Waals surface area contributed by atoms with Gasteiger partial charge in [0.2, 0.25) is 0 Å². The molecule has 0 aliphatic carbocycles. The number of aryl methyl sites for hydroxylation is 1. The Morgan fingerprint density at radius 3 is 2.75 bits per heavy atom. The van der Waals surface area contributed by atoms with E-state index in [0.29, 0.717) is 0 Å². The van der Waals surface area contributed by atoms with Crippen LogP contribution in [0, 0.1) is 6.92 Å². The van der Waals surface area contributed by atoms with Gasteiger partial charge in [0, 0.05) is 9.75 Å². The molecule has 2 aromatic heterocycles. The van der Waals surface area contributed by atoms with Crippen LogP contribution in [-0.4, -0.2) is 5.91 Å². The van der Waals surface area contributed by atoms with E-state index in [0.717, 1.165) is 9.75 Å². The lowest BCUT2D eigenvalue weighted by molar-refractivity contribution is 0.0944. The minimum absolute atomic E-state index is 0.0130. The second kappa shape index (κ2) is 4.80. The lowest BCUT2D eigenvalue weighted by Crippen LogP contribution is -2.25. The minimum atomic E-state index is 0.0130. The molecule has 16 heavy (non-hydrogen) atoms. The number of rotatable bonds is 3. The Morgan fingerprint density at radius 2 is 2.19 bits per heavy atom. The van der Waals surface area contributed by atoms with Gasteiger partial charge in [-0.3, -0.25) is 4.79 Å². The zero-order chi connectivity index (χ0) is 11.5. The highest BCUT2D eigenvalue weighted by atomic mass is 32.1. The molecule has 2 rings (SSSR count). The van der Waals surface area contributed by atoms with E-state index in [1.165, 1.54) is 16.2 Å². The number of carbonyl (C=O) groups is 1. The van der Waals surface area contributed by atoms with Gasteiger partial charge in [-0.05, 0) is 37.4 Å². The van der Waals surface area contributed by atoms with Gasteiger partial charge in [0.25, 0.3) is 5.91 Å². The van der Waals surface area contributed by atoms with Crippen LogP contribution in [0.4, 0.5) is 0 Å². The van der Waals surface area contributed by atoms with Crippen molar-refractivity contribution in [2.24, 2.45) is 0 Å². The van der Waals surface area contributed by atoms with Gasteiger partial charge in [-0.25, -0.2) is 0 Å². The Balaban J connectivity index is 2.03. The molecule has 2 nitrogen and oxygen atoms in total. The van der Waals surface area contributed by atoms with Gasteiger partial charge < -0.3 is 5.32 Å². The maximum Gasteiger partial charge on any atom is 0.261 e. The van der Waals surface area contributed by atoms with Crippen molar-refractivity contribution >= 4 is 28.6 Å². The first-order chi connectivity index (χ1) is 7.66. The molecule has 0 radical (unpaired) electrons. The molecule has 0 fully saturated rings. The summed E-state index contributed by atoms with van der Waals surface area (Å²) in [4.78, 5) is 15.0. The Morgan fingerprint density at radius 1 is 1.38 bits per heavy atom. The third kappa shape index (κ3) is 2.51. The fourth-order valence-electron chi connectivity index (χ4n) is 1.43. The van der Waals surface area contributed by atoms with Crippen LogP contribution in [0.1, 0.15) is 32.4 Å². The molecule has 0 bridgehead atoms. The van der Waals surface area contributed by atoms with Gasteiger partial charge in [0.15, 0.2) is 0 Å².